The lowest BCUT2D eigenvalue weighted by Gasteiger charge is -2.02. The van der Waals surface area contributed by atoms with Gasteiger partial charge in [0.05, 0.1) is 12.2 Å². The summed E-state index contributed by atoms with van der Waals surface area (Å²) < 4.78 is 1.89. The molecule has 1 heterocycles. The van der Waals surface area contributed by atoms with Gasteiger partial charge < -0.3 is 5.32 Å². The Morgan fingerprint density at radius 1 is 1.29 bits per heavy atom. The predicted octanol–water partition coefficient (Wildman–Crippen LogP) is 2.87. The number of benzene rings is 1. The number of hydrogen-bond donors (Lipinski definition) is 1. The maximum Gasteiger partial charge on any atom is 0.223 e. The van der Waals surface area contributed by atoms with Crippen LogP contribution in [0.4, 0.5) is 5.69 Å². The van der Waals surface area contributed by atoms with Gasteiger partial charge in [-0.15, -0.1) is 0 Å². The molecule has 0 amide bonds. The van der Waals surface area contributed by atoms with E-state index in [-0.39, 0.29) is 0 Å². The van der Waals surface area contributed by atoms with Crippen LogP contribution in [0.1, 0.15) is 0 Å². The van der Waals surface area contributed by atoms with E-state index in [1.807, 2.05) is 18.2 Å². The number of hydrogen-bond acceptors (Lipinski definition) is 1. The molecule has 3 nitrogen and oxygen atoms in total. The van der Waals surface area contributed by atoms with Gasteiger partial charge in [-0.05, 0) is 44.0 Å². The highest BCUT2D eigenvalue weighted by Gasteiger charge is 2.06. The van der Waals surface area contributed by atoms with E-state index in [0.29, 0.717) is 5.96 Å². The number of nitrogens with zero attached hydrogens (tertiary/aromatic N) is 2. The number of rotatable bonds is 1. The number of aliphatic imine (C=N–C) groups is 2. The van der Waals surface area contributed by atoms with Crippen molar-refractivity contribution in [3.63, 3.8) is 0 Å². The zero-order valence-corrected chi connectivity index (χ0v) is 10.3. The molecule has 1 aliphatic heterocycles. The standard InChI is InChI=1S/C9H7Br2N3/c10-6-2-1-3-7(11)8(6)14-9-12-4-5-13-9/h1-4H,5H2,(H,13,14). The Hall–Kier alpha value is -0.680. The van der Waals surface area contributed by atoms with Crippen molar-refractivity contribution < 1.29 is 0 Å². The van der Waals surface area contributed by atoms with Crippen molar-refractivity contribution in [1.29, 1.82) is 0 Å². The summed E-state index contributed by atoms with van der Waals surface area (Å²) in [4.78, 5) is 8.46. The zero-order valence-electron chi connectivity index (χ0n) is 7.17. The predicted molar refractivity (Wildman–Crippen MR) is 65.4 cm³/mol. The number of nitrogens with one attached hydrogen (secondary N) is 1. The molecule has 14 heavy (non-hydrogen) atoms. The van der Waals surface area contributed by atoms with Gasteiger partial charge in [-0.25, -0.2) is 9.98 Å². The van der Waals surface area contributed by atoms with E-state index in [2.05, 4.69) is 47.2 Å². The van der Waals surface area contributed by atoms with Crippen LogP contribution in [0.5, 0.6) is 0 Å². The van der Waals surface area contributed by atoms with Gasteiger partial charge in [0.15, 0.2) is 0 Å². The van der Waals surface area contributed by atoms with Crippen LogP contribution in [0.15, 0.2) is 37.1 Å². The molecule has 5 heteroatoms. The summed E-state index contributed by atoms with van der Waals surface area (Å²) in [6.07, 6.45) is 1.80. The largest absolute Gasteiger partial charge is 0.349 e. The van der Waals surface area contributed by atoms with E-state index in [0.717, 1.165) is 21.2 Å². The molecule has 0 saturated carbocycles. The average molecular weight is 317 g/mol. The maximum atomic E-state index is 4.37. The van der Waals surface area contributed by atoms with Crippen LogP contribution < -0.4 is 5.32 Å². The average Bonchev–Trinajstić information content (AvgIpc) is 2.64. The Morgan fingerprint density at radius 2 is 2.00 bits per heavy atom. The second-order valence-corrected chi connectivity index (χ2v) is 4.41. The summed E-state index contributed by atoms with van der Waals surface area (Å²) in [5.74, 6) is 0.651. The highest BCUT2D eigenvalue weighted by atomic mass is 79.9. The van der Waals surface area contributed by atoms with E-state index in [1.165, 1.54) is 0 Å². The molecule has 0 fully saturated rings. The molecule has 72 valence electrons. The zero-order chi connectivity index (χ0) is 9.97. The molecule has 0 bridgehead atoms. The van der Waals surface area contributed by atoms with Crippen molar-refractivity contribution in [2.24, 2.45) is 9.98 Å². The third-order valence-corrected chi connectivity index (χ3v) is 3.00. The van der Waals surface area contributed by atoms with E-state index >= 15 is 0 Å². The van der Waals surface area contributed by atoms with Crippen molar-refractivity contribution >= 4 is 49.7 Å². The van der Waals surface area contributed by atoms with Crippen LogP contribution in [0.2, 0.25) is 0 Å². The highest BCUT2D eigenvalue weighted by molar-refractivity contribution is 9.11. The minimum Gasteiger partial charge on any atom is -0.349 e. The summed E-state index contributed by atoms with van der Waals surface area (Å²) in [5.41, 5.74) is 0.856. The fourth-order valence-electron chi connectivity index (χ4n) is 1.08. The lowest BCUT2D eigenvalue weighted by molar-refractivity contribution is 1.11. The fourth-order valence-corrected chi connectivity index (χ4v) is 2.26. The quantitative estimate of drug-likeness (QED) is 0.850. The van der Waals surface area contributed by atoms with Gasteiger partial charge in [0.2, 0.25) is 5.96 Å². The molecule has 1 aliphatic rings. The van der Waals surface area contributed by atoms with Gasteiger partial charge in [0.1, 0.15) is 0 Å². The summed E-state index contributed by atoms with van der Waals surface area (Å²) >= 11 is 6.88. The molecule has 0 aliphatic carbocycles. The molecular weight excluding hydrogens is 310 g/mol. The third-order valence-electron chi connectivity index (χ3n) is 1.72. The molecule has 0 atom stereocenters. The van der Waals surface area contributed by atoms with Crippen molar-refractivity contribution in [3.8, 4) is 0 Å². The van der Waals surface area contributed by atoms with Crippen molar-refractivity contribution in [3.05, 3.63) is 27.1 Å². The summed E-state index contributed by atoms with van der Waals surface area (Å²) in [5, 5.41) is 3.05. The second-order valence-electron chi connectivity index (χ2n) is 2.70. The molecule has 0 unspecified atom stereocenters. The fraction of sp³-hybridized carbons (Fsp3) is 0.111. The molecule has 0 spiro atoms. The molecular formula is C9H7Br2N3. The van der Waals surface area contributed by atoms with Crippen molar-refractivity contribution in [2.75, 3.05) is 6.54 Å². The van der Waals surface area contributed by atoms with Gasteiger partial charge in [-0.3, -0.25) is 0 Å². The monoisotopic (exact) mass is 315 g/mol. The summed E-state index contributed by atoms with van der Waals surface area (Å²) in [6.45, 7) is 0.751. The lowest BCUT2D eigenvalue weighted by Crippen LogP contribution is -2.15. The Balaban J connectivity index is 2.41. The topological polar surface area (TPSA) is 36.8 Å². The number of halogens is 2. The van der Waals surface area contributed by atoms with Gasteiger partial charge in [0.25, 0.3) is 0 Å². The first-order chi connectivity index (χ1) is 6.77. The van der Waals surface area contributed by atoms with Gasteiger partial charge in [-0.2, -0.15) is 0 Å². The molecule has 0 aromatic heterocycles. The molecule has 1 aromatic rings. The van der Waals surface area contributed by atoms with Crippen LogP contribution in [-0.4, -0.2) is 18.7 Å². The molecule has 0 radical (unpaired) electrons. The van der Waals surface area contributed by atoms with Crippen LogP contribution in [-0.2, 0) is 0 Å². The van der Waals surface area contributed by atoms with Crippen LogP contribution in [0, 0.1) is 0 Å². The molecule has 1 N–H and O–H groups in total. The Kier molecular flexibility index (Phi) is 2.98. The first-order valence-electron chi connectivity index (χ1n) is 4.06. The molecule has 1 aromatic carbocycles. The third kappa shape index (κ3) is 2.04. The van der Waals surface area contributed by atoms with Gasteiger partial charge in [0, 0.05) is 15.2 Å². The molecule has 0 saturated heterocycles. The number of para-hydroxylation sites is 1. The smallest absolute Gasteiger partial charge is 0.223 e. The minimum atomic E-state index is 0.651. The van der Waals surface area contributed by atoms with E-state index in [1.54, 1.807) is 6.21 Å². The normalized spacial score (nSPS) is 17.4. The van der Waals surface area contributed by atoms with Gasteiger partial charge >= 0.3 is 0 Å². The van der Waals surface area contributed by atoms with E-state index < -0.39 is 0 Å². The van der Waals surface area contributed by atoms with Crippen LogP contribution in [0.25, 0.3) is 0 Å². The van der Waals surface area contributed by atoms with E-state index in [4.69, 9.17) is 0 Å². The van der Waals surface area contributed by atoms with Crippen molar-refractivity contribution in [2.45, 2.75) is 0 Å². The van der Waals surface area contributed by atoms with Crippen LogP contribution >= 0.6 is 31.9 Å². The molecule has 2 rings (SSSR count). The Labute approximate surface area is 98.6 Å². The SMILES string of the molecule is Brc1cccc(Br)c1N=C1N=CCN1. The highest BCUT2D eigenvalue weighted by Crippen LogP contribution is 2.33. The first kappa shape index (κ1) is 9.86. The first-order valence-corrected chi connectivity index (χ1v) is 5.65. The summed E-state index contributed by atoms with van der Waals surface area (Å²) in [6, 6.07) is 5.84. The minimum absolute atomic E-state index is 0.651. The second kappa shape index (κ2) is 4.23. The van der Waals surface area contributed by atoms with Crippen molar-refractivity contribution in [1.82, 2.24) is 5.32 Å². The maximum absolute atomic E-state index is 4.37. The van der Waals surface area contributed by atoms with E-state index in [9.17, 15) is 0 Å². The summed E-state index contributed by atoms with van der Waals surface area (Å²) in [7, 11) is 0. The van der Waals surface area contributed by atoms with Crippen LogP contribution in [0.3, 0.4) is 0 Å². The lowest BCUT2D eigenvalue weighted by atomic mass is 10.3. The van der Waals surface area contributed by atoms with Gasteiger partial charge in [-0.1, -0.05) is 6.07 Å². The Bertz CT molecular complexity index is 392. The number of guanidine groups is 1. The Morgan fingerprint density at radius 3 is 2.57 bits per heavy atom.